The van der Waals surface area contributed by atoms with Crippen LogP contribution in [0.5, 0.6) is 11.5 Å². The maximum absolute atomic E-state index is 13.1. The molecule has 4 rings (SSSR count). The largest absolute Gasteiger partial charge is 0.486 e. The number of carbonyl (C=O) groups is 1. The number of ether oxygens (including phenoxy) is 2. The van der Waals surface area contributed by atoms with E-state index in [9.17, 15) is 10.1 Å². The molecular formula is C24H27ClN6O3. The van der Waals surface area contributed by atoms with Crippen molar-refractivity contribution in [2.75, 3.05) is 43.5 Å². The molecule has 178 valence electrons. The predicted molar refractivity (Wildman–Crippen MR) is 131 cm³/mol. The van der Waals surface area contributed by atoms with Crippen LogP contribution in [0, 0.1) is 17.4 Å². The number of hydrogen-bond acceptors (Lipinski definition) is 5. The molecule has 2 amide bonds. The van der Waals surface area contributed by atoms with E-state index in [4.69, 9.17) is 21.1 Å². The van der Waals surface area contributed by atoms with Gasteiger partial charge in [-0.1, -0.05) is 37.6 Å². The minimum Gasteiger partial charge on any atom is -0.486 e. The van der Waals surface area contributed by atoms with Gasteiger partial charge in [-0.15, -0.1) is 4.99 Å². The van der Waals surface area contributed by atoms with Crippen molar-refractivity contribution in [2.45, 2.75) is 19.9 Å². The molecule has 9 nitrogen and oxygen atoms in total. The number of nitrogens with one attached hydrogen (secondary N) is 2. The molecule has 1 unspecified atom stereocenters. The standard InChI is InChI=1S/C24H27ClN6O3/c1-16(2)20-14-30(24(32)28-17-7-8-21-22(13-17)34-12-11-33-21)9-10-31(20)23(27-15-26)29-19-6-4-3-5-18(19)25/h3-8,13,16,20H,9-12,14H2,1-2H3,(H,27,29)(H,28,32). The number of nitrogens with zero attached hydrogens (tertiary/aromatic N) is 4. The van der Waals surface area contributed by atoms with E-state index in [1.54, 1.807) is 29.2 Å². The average molecular weight is 483 g/mol. The van der Waals surface area contributed by atoms with Crippen molar-refractivity contribution in [2.24, 2.45) is 10.9 Å². The van der Waals surface area contributed by atoms with Crippen LogP contribution in [-0.2, 0) is 0 Å². The van der Waals surface area contributed by atoms with Crippen LogP contribution in [0.3, 0.4) is 0 Å². The van der Waals surface area contributed by atoms with Crippen molar-refractivity contribution in [3.8, 4) is 17.7 Å². The van der Waals surface area contributed by atoms with E-state index < -0.39 is 0 Å². The number of halogens is 1. The lowest BCUT2D eigenvalue weighted by Crippen LogP contribution is -2.60. The number of benzene rings is 2. The summed E-state index contributed by atoms with van der Waals surface area (Å²) in [6.45, 7) is 6.62. The monoisotopic (exact) mass is 482 g/mol. The predicted octanol–water partition coefficient (Wildman–Crippen LogP) is 4.23. The van der Waals surface area contributed by atoms with Gasteiger partial charge < -0.3 is 29.9 Å². The molecule has 2 aromatic carbocycles. The van der Waals surface area contributed by atoms with Crippen molar-refractivity contribution < 1.29 is 14.3 Å². The number of fused-ring (bicyclic) bond motifs is 1. The molecule has 0 saturated carbocycles. The molecule has 2 N–H and O–H groups in total. The van der Waals surface area contributed by atoms with Gasteiger partial charge >= 0.3 is 6.03 Å². The number of aliphatic imine (C=N–C) groups is 1. The van der Waals surface area contributed by atoms with E-state index in [0.717, 1.165) is 0 Å². The van der Waals surface area contributed by atoms with Gasteiger partial charge in [0.1, 0.15) is 13.2 Å². The number of carbonyl (C=O) groups excluding carboxylic acids is 1. The first-order valence-electron chi connectivity index (χ1n) is 11.2. The zero-order chi connectivity index (χ0) is 24.1. The fourth-order valence-electron chi connectivity index (χ4n) is 4.05. The lowest BCUT2D eigenvalue weighted by molar-refractivity contribution is 0.120. The molecule has 2 aliphatic heterocycles. The Morgan fingerprint density at radius 3 is 2.65 bits per heavy atom. The first-order valence-corrected chi connectivity index (χ1v) is 11.5. The molecule has 1 saturated heterocycles. The van der Waals surface area contributed by atoms with Crippen molar-refractivity contribution in [3.63, 3.8) is 0 Å². The van der Waals surface area contributed by atoms with Crippen molar-refractivity contribution in [1.29, 1.82) is 5.26 Å². The maximum atomic E-state index is 13.1. The first-order chi connectivity index (χ1) is 16.5. The average Bonchev–Trinajstić information content (AvgIpc) is 2.84. The molecule has 1 fully saturated rings. The summed E-state index contributed by atoms with van der Waals surface area (Å²) in [4.78, 5) is 20.9. The molecule has 1 atom stereocenters. The van der Waals surface area contributed by atoms with Crippen LogP contribution < -0.4 is 20.1 Å². The Hall–Kier alpha value is -3.64. The fourth-order valence-corrected chi connectivity index (χ4v) is 4.23. The highest BCUT2D eigenvalue weighted by atomic mass is 35.5. The Morgan fingerprint density at radius 2 is 1.91 bits per heavy atom. The summed E-state index contributed by atoms with van der Waals surface area (Å²) in [7, 11) is 0. The molecular weight excluding hydrogens is 456 g/mol. The Kier molecular flexibility index (Phi) is 7.28. The van der Waals surface area contributed by atoms with Crippen LogP contribution in [0.25, 0.3) is 0 Å². The highest BCUT2D eigenvalue weighted by Crippen LogP contribution is 2.33. The van der Waals surface area contributed by atoms with Crippen LogP contribution >= 0.6 is 11.6 Å². The van der Waals surface area contributed by atoms with Gasteiger partial charge in [0.2, 0.25) is 12.2 Å². The van der Waals surface area contributed by atoms with E-state index in [1.807, 2.05) is 29.3 Å². The number of anilines is 2. The van der Waals surface area contributed by atoms with Crippen LogP contribution in [0.1, 0.15) is 13.8 Å². The molecule has 10 heteroatoms. The second-order valence-corrected chi connectivity index (χ2v) is 8.79. The molecule has 2 aliphatic rings. The molecule has 0 aromatic heterocycles. The van der Waals surface area contributed by atoms with Gasteiger partial charge in [0, 0.05) is 31.4 Å². The number of hydrogen-bond donors (Lipinski definition) is 2. The van der Waals surface area contributed by atoms with Crippen LogP contribution in [0.4, 0.5) is 16.2 Å². The number of piperazine rings is 1. The zero-order valence-electron chi connectivity index (χ0n) is 19.1. The molecule has 34 heavy (non-hydrogen) atoms. The third-order valence-electron chi connectivity index (χ3n) is 5.82. The highest BCUT2D eigenvalue weighted by Gasteiger charge is 2.34. The van der Waals surface area contributed by atoms with Gasteiger partial charge in [-0.3, -0.25) is 0 Å². The molecule has 0 aliphatic carbocycles. The Bertz CT molecular complexity index is 1120. The normalized spacial score (nSPS) is 17.9. The summed E-state index contributed by atoms with van der Waals surface area (Å²) in [6.07, 6.45) is 1.88. The minimum absolute atomic E-state index is 0.0538. The number of urea groups is 1. The lowest BCUT2D eigenvalue weighted by Gasteiger charge is -2.44. The molecule has 2 aromatic rings. The fraction of sp³-hybridized carbons (Fsp3) is 0.375. The van der Waals surface area contributed by atoms with E-state index in [0.29, 0.717) is 66.7 Å². The number of nitriles is 1. The van der Waals surface area contributed by atoms with E-state index >= 15 is 0 Å². The molecule has 0 spiro atoms. The minimum atomic E-state index is -0.195. The third kappa shape index (κ3) is 5.29. The van der Waals surface area contributed by atoms with Gasteiger partial charge in [0.05, 0.1) is 16.8 Å². The smallest absolute Gasteiger partial charge is 0.321 e. The molecule has 0 bridgehead atoms. The quantitative estimate of drug-likeness (QED) is 0.385. The van der Waals surface area contributed by atoms with E-state index in [-0.39, 0.29) is 18.0 Å². The van der Waals surface area contributed by atoms with Gasteiger partial charge in [-0.2, -0.15) is 5.26 Å². The number of rotatable bonds is 3. The summed E-state index contributed by atoms with van der Waals surface area (Å²) in [6, 6.07) is 12.4. The van der Waals surface area contributed by atoms with E-state index in [2.05, 4.69) is 29.5 Å². The van der Waals surface area contributed by atoms with Crippen LogP contribution in [-0.4, -0.2) is 60.7 Å². The van der Waals surface area contributed by atoms with Crippen molar-refractivity contribution >= 4 is 35.0 Å². The second kappa shape index (κ2) is 10.5. The van der Waals surface area contributed by atoms with Gasteiger partial charge in [0.15, 0.2) is 11.5 Å². The molecule has 0 radical (unpaired) electrons. The first kappa shape index (κ1) is 23.5. The van der Waals surface area contributed by atoms with E-state index in [1.165, 1.54) is 0 Å². The number of guanidine groups is 1. The Morgan fingerprint density at radius 1 is 1.15 bits per heavy atom. The summed E-state index contributed by atoms with van der Waals surface area (Å²) < 4.78 is 11.2. The maximum Gasteiger partial charge on any atom is 0.321 e. The molecule has 2 heterocycles. The van der Waals surface area contributed by atoms with Crippen LogP contribution in [0.2, 0.25) is 5.02 Å². The van der Waals surface area contributed by atoms with Gasteiger partial charge in [-0.25, -0.2) is 4.79 Å². The SMILES string of the molecule is CC(C)C1CN(C(=O)Nc2ccc3c(c2)OCCO3)CCN1/C(=N/C#N)Nc1ccccc1Cl. The number of para-hydroxylation sites is 1. The van der Waals surface area contributed by atoms with Gasteiger partial charge in [0.25, 0.3) is 0 Å². The van der Waals surface area contributed by atoms with Crippen molar-refractivity contribution in [3.05, 3.63) is 47.5 Å². The zero-order valence-corrected chi connectivity index (χ0v) is 19.9. The lowest BCUT2D eigenvalue weighted by atomic mass is 10.00. The van der Waals surface area contributed by atoms with Crippen molar-refractivity contribution in [1.82, 2.24) is 9.80 Å². The second-order valence-electron chi connectivity index (χ2n) is 8.38. The number of amides is 2. The summed E-state index contributed by atoms with van der Waals surface area (Å²) in [5, 5.41) is 16.0. The summed E-state index contributed by atoms with van der Waals surface area (Å²) >= 11 is 6.30. The topological polar surface area (TPSA) is 102 Å². The Labute approximate surface area is 203 Å². The summed E-state index contributed by atoms with van der Waals surface area (Å²) in [5.74, 6) is 1.91. The summed E-state index contributed by atoms with van der Waals surface area (Å²) in [5.41, 5.74) is 1.31. The third-order valence-corrected chi connectivity index (χ3v) is 6.15. The van der Waals surface area contributed by atoms with Gasteiger partial charge in [-0.05, 0) is 30.2 Å². The Balaban J connectivity index is 1.46. The highest BCUT2D eigenvalue weighted by molar-refractivity contribution is 6.33. The van der Waals surface area contributed by atoms with Crippen LogP contribution in [0.15, 0.2) is 47.5 Å².